The molecule has 1 saturated heterocycles. The molecule has 1 aromatic heterocycles. The first kappa shape index (κ1) is 11.5. The van der Waals surface area contributed by atoms with E-state index in [-0.39, 0.29) is 6.04 Å². The molecule has 16 heavy (non-hydrogen) atoms. The molecule has 1 atom stereocenters. The second kappa shape index (κ2) is 4.93. The lowest BCUT2D eigenvalue weighted by atomic mass is 9.97. The summed E-state index contributed by atoms with van der Waals surface area (Å²) in [7, 11) is 0. The molecule has 0 unspecified atom stereocenters. The Bertz CT molecular complexity index is 332. The summed E-state index contributed by atoms with van der Waals surface area (Å²) in [6.45, 7) is 6.22. The second-order valence-electron chi connectivity index (χ2n) is 4.52. The molecule has 0 aromatic carbocycles. The van der Waals surface area contributed by atoms with Gasteiger partial charge in [-0.3, -0.25) is 4.90 Å². The zero-order valence-electron chi connectivity index (χ0n) is 9.89. The molecule has 5 nitrogen and oxygen atoms in total. The molecule has 2 rings (SSSR count). The Balaban J connectivity index is 1.93. The Hall–Kier alpha value is -0.940. The summed E-state index contributed by atoms with van der Waals surface area (Å²) in [4.78, 5) is 6.59. The lowest BCUT2D eigenvalue weighted by Gasteiger charge is -2.33. The summed E-state index contributed by atoms with van der Waals surface area (Å²) < 4.78 is 5.18. The van der Waals surface area contributed by atoms with E-state index < -0.39 is 0 Å². The lowest BCUT2D eigenvalue weighted by Crippen LogP contribution is -2.36. The fraction of sp³-hybridized carbons (Fsp3) is 0.818. The van der Waals surface area contributed by atoms with Crippen molar-refractivity contribution in [3.8, 4) is 0 Å². The van der Waals surface area contributed by atoms with E-state index in [9.17, 15) is 0 Å². The number of rotatable bonds is 3. The predicted molar refractivity (Wildman–Crippen MR) is 58.8 cm³/mol. The minimum Gasteiger partial charge on any atom is -0.396 e. The first-order valence-corrected chi connectivity index (χ1v) is 5.86. The van der Waals surface area contributed by atoms with Crippen LogP contribution in [0.25, 0.3) is 0 Å². The first-order chi connectivity index (χ1) is 7.70. The fourth-order valence-corrected chi connectivity index (χ4v) is 2.16. The molecule has 0 bridgehead atoms. The third-order valence-corrected chi connectivity index (χ3v) is 3.36. The summed E-state index contributed by atoms with van der Waals surface area (Å²) in [6.07, 6.45) is 2.10. The SMILES string of the molecule is Cc1noc([C@H](C)N2CCC(CO)CC2)n1. The molecule has 1 aliphatic heterocycles. The van der Waals surface area contributed by atoms with Crippen LogP contribution in [0.2, 0.25) is 0 Å². The van der Waals surface area contributed by atoms with E-state index in [4.69, 9.17) is 9.63 Å². The molecule has 1 aliphatic rings. The van der Waals surface area contributed by atoms with Gasteiger partial charge in [-0.2, -0.15) is 4.98 Å². The highest BCUT2D eigenvalue weighted by Gasteiger charge is 2.25. The normalized spacial score (nSPS) is 21.2. The summed E-state index contributed by atoms with van der Waals surface area (Å²) in [6, 6.07) is 0.181. The summed E-state index contributed by atoms with van der Waals surface area (Å²) >= 11 is 0. The zero-order valence-corrected chi connectivity index (χ0v) is 9.89. The Labute approximate surface area is 95.4 Å². The van der Waals surface area contributed by atoms with Crippen molar-refractivity contribution in [1.82, 2.24) is 15.0 Å². The molecule has 1 fully saturated rings. The highest BCUT2D eigenvalue weighted by atomic mass is 16.5. The smallest absolute Gasteiger partial charge is 0.243 e. The van der Waals surface area contributed by atoms with Gasteiger partial charge in [0.25, 0.3) is 0 Å². The zero-order chi connectivity index (χ0) is 11.5. The number of hydrogen-bond acceptors (Lipinski definition) is 5. The second-order valence-corrected chi connectivity index (χ2v) is 4.52. The van der Waals surface area contributed by atoms with Gasteiger partial charge in [-0.1, -0.05) is 5.16 Å². The van der Waals surface area contributed by atoms with Gasteiger partial charge >= 0.3 is 0 Å². The van der Waals surface area contributed by atoms with Crippen LogP contribution in [0.1, 0.15) is 37.5 Å². The monoisotopic (exact) mass is 225 g/mol. The van der Waals surface area contributed by atoms with E-state index >= 15 is 0 Å². The van der Waals surface area contributed by atoms with Crippen LogP contribution < -0.4 is 0 Å². The minimum absolute atomic E-state index is 0.181. The van der Waals surface area contributed by atoms with Crippen LogP contribution in [0, 0.1) is 12.8 Å². The fourth-order valence-electron chi connectivity index (χ4n) is 2.16. The van der Waals surface area contributed by atoms with Crippen molar-refractivity contribution in [3.63, 3.8) is 0 Å². The number of piperidine rings is 1. The Morgan fingerprint density at radius 3 is 2.69 bits per heavy atom. The number of likely N-dealkylation sites (tertiary alicyclic amines) is 1. The van der Waals surface area contributed by atoms with Gasteiger partial charge in [-0.05, 0) is 45.7 Å². The maximum absolute atomic E-state index is 9.08. The van der Waals surface area contributed by atoms with Crippen molar-refractivity contribution in [2.45, 2.75) is 32.7 Å². The molecular formula is C11H19N3O2. The van der Waals surface area contributed by atoms with E-state index in [1.54, 1.807) is 0 Å². The van der Waals surface area contributed by atoms with Gasteiger partial charge in [0, 0.05) is 6.61 Å². The lowest BCUT2D eigenvalue weighted by molar-refractivity contribution is 0.0929. The molecule has 0 spiro atoms. The third kappa shape index (κ3) is 2.41. The van der Waals surface area contributed by atoms with Crippen molar-refractivity contribution >= 4 is 0 Å². The topological polar surface area (TPSA) is 62.4 Å². The van der Waals surface area contributed by atoms with Gasteiger partial charge in [-0.15, -0.1) is 0 Å². The van der Waals surface area contributed by atoms with Crippen LogP contribution >= 0.6 is 0 Å². The molecule has 1 N–H and O–H groups in total. The quantitative estimate of drug-likeness (QED) is 0.836. The van der Waals surface area contributed by atoms with Gasteiger partial charge in [0.15, 0.2) is 5.82 Å². The Morgan fingerprint density at radius 2 is 2.19 bits per heavy atom. The number of hydrogen-bond donors (Lipinski definition) is 1. The van der Waals surface area contributed by atoms with Crippen molar-refractivity contribution in [2.24, 2.45) is 5.92 Å². The molecule has 0 saturated carbocycles. The molecule has 2 heterocycles. The molecular weight excluding hydrogens is 206 g/mol. The van der Waals surface area contributed by atoms with E-state index in [1.165, 1.54) is 0 Å². The van der Waals surface area contributed by atoms with Gasteiger partial charge < -0.3 is 9.63 Å². The average Bonchev–Trinajstić information content (AvgIpc) is 2.75. The number of aryl methyl sites for hydroxylation is 1. The number of nitrogens with zero attached hydrogens (tertiary/aromatic N) is 3. The van der Waals surface area contributed by atoms with Crippen LogP contribution in [0.15, 0.2) is 4.52 Å². The number of aromatic nitrogens is 2. The first-order valence-electron chi connectivity index (χ1n) is 5.86. The Kier molecular flexibility index (Phi) is 3.56. The van der Waals surface area contributed by atoms with Crippen LogP contribution in [0.4, 0.5) is 0 Å². The molecule has 0 aliphatic carbocycles. The minimum atomic E-state index is 0.181. The van der Waals surface area contributed by atoms with Crippen LogP contribution in [0.5, 0.6) is 0 Å². The van der Waals surface area contributed by atoms with Crippen LogP contribution in [-0.4, -0.2) is 39.8 Å². The van der Waals surface area contributed by atoms with Crippen LogP contribution in [0.3, 0.4) is 0 Å². The number of aliphatic hydroxyl groups is 1. The maximum atomic E-state index is 9.08. The highest BCUT2D eigenvalue weighted by molar-refractivity contribution is 4.91. The van der Waals surface area contributed by atoms with Crippen molar-refractivity contribution < 1.29 is 9.63 Å². The van der Waals surface area contributed by atoms with Gasteiger partial charge in [0.05, 0.1) is 6.04 Å². The molecule has 5 heteroatoms. The van der Waals surface area contributed by atoms with Crippen LogP contribution in [-0.2, 0) is 0 Å². The highest BCUT2D eigenvalue weighted by Crippen LogP contribution is 2.25. The van der Waals surface area contributed by atoms with E-state index in [1.807, 2.05) is 6.92 Å². The number of aliphatic hydroxyl groups excluding tert-OH is 1. The van der Waals surface area contributed by atoms with E-state index in [0.717, 1.165) is 25.9 Å². The summed E-state index contributed by atoms with van der Waals surface area (Å²) in [5.74, 6) is 1.85. The standard InChI is InChI=1S/C11H19N3O2/c1-8(11-12-9(2)13-16-11)14-5-3-10(7-15)4-6-14/h8,10,15H,3-7H2,1-2H3/t8-/m0/s1. The average molecular weight is 225 g/mol. The summed E-state index contributed by atoms with van der Waals surface area (Å²) in [5.41, 5.74) is 0. The predicted octanol–water partition coefficient (Wildman–Crippen LogP) is 1.14. The van der Waals surface area contributed by atoms with Crippen molar-refractivity contribution in [3.05, 3.63) is 11.7 Å². The maximum Gasteiger partial charge on any atom is 0.243 e. The molecule has 0 radical (unpaired) electrons. The van der Waals surface area contributed by atoms with Gasteiger partial charge in [0.2, 0.25) is 5.89 Å². The molecule has 0 amide bonds. The van der Waals surface area contributed by atoms with Gasteiger partial charge in [0.1, 0.15) is 0 Å². The summed E-state index contributed by atoms with van der Waals surface area (Å²) in [5, 5.41) is 12.9. The third-order valence-electron chi connectivity index (χ3n) is 3.36. The van der Waals surface area contributed by atoms with Gasteiger partial charge in [-0.25, -0.2) is 0 Å². The molecule has 1 aromatic rings. The van der Waals surface area contributed by atoms with E-state index in [0.29, 0.717) is 24.2 Å². The largest absolute Gasteiger partial charge is 0.396 e. The molecule has 90 valence electrons. The van der Waals surface area contributed by atoms with Crippen molar-refractivity contribution in [2.75, 3.05) is 19.7 Å². The van der Waals surface area contributed by atoms with E-state index in [2.05, 4.69) is 22.0 Å². The Morgan fingerprint density at radius 1 is 1.50 bits per heavy atom. The van der Waals surface area contributed by atoms with Crippen molar-refractivity contribution in [1.29, 1.82) is 0 Å².